The second-order valence-electron chi connectivity index (χ2n) is 4.08. The molecule has 1 amide bonds. The van der Waals surface area contributed by atoms with Gasteiger partial charge in [-0.3, -0.25) is 4.79 Å². The highest BCUT2D eigenvalue weighted by molar-refractivity contribution is 5.77. The molecule has 1 N–H and O–H groups in total. The Morgan fingerprint density at radius 2 is 2.00 bits per heavy atom. The molecular formula is C10H22N2O2. The zero-order chi connectivity index (χ0) is 11.2. The molecule has 0 aliphatic carbocycles. The Hall–Kier alpha value is -0.610. The van der Waals surface area contributed by atoms with E-state index >= 15 is 0 Å². The largest absolute Gasteiger partial charge is 0.375 e. The molecule has 14 heavy (non-hydrogen) atoms. The molecule has 0 aliphatic rings. The van der Waals surface area contributed by atoms with Crippen molar-refractivity contribution in [3.63, 3.8) is 0 Å². The fraction of sp³-hybridized carbons (Fsp3) is 0.900. The third-order valence-corrected chi connectivity index (χ3v) is 1.86. The number of nitrogens with zero attached hydrogens (tertiary/aromatic N) is 1. The van der Waals surface area contributed by atoms with Crippen molar-refractivity contribution in [3.05, 3.63) is 0 Å². The highest BCUT2D eigenvalue weighted by Gasteiger charge is 2.17. The number of amides is 1. The number of nitrogens with one attached hydrogen (secondary N) is 1. The lowest BCUT2D eigenvalue weighted by molar-refractivity contribution is -0.127. The minimum absolute atomic E-state index is 0.0808. The molecule has 0 aromatic carbocycles. The predicted molar refractivity (Wildman–Crippen MR) is 57.3 cm³/mol. The maximum atomic E-state index is 11.2. The summed E-state index contributed by atoms with van der Waals surface area (Å²) in [7, 11) is 3.50. The molecule has 0 aromatic rings. The zero-order valence-electron chi connectivity index (χ0n) is 9.89. The van der Waals surface area contributed by atoms with Crippen molar-refractivity contribution in [1.29, 1.82) is 0 Å². The lowest BCUT2D eigenvalue weighted by atomic mass is 10.1. The van der Waals surface area contributed by atoms with Crippen LogP contribution in [0.25, 0.3) is 0 Å². The van der Waals surface area contributed by atoms with Gasteiger partial charge in [0.25, 0.3) is 0 Å². The van der Waals surface area contributed by atoms with Crippen LogP contribution in [0.4, 0.5) is 0 Å². The summed E-state index contributed by atoms with van der Waals surface area (Å²) in [5.41, 5.74) is -0.207. The van der Waals surface area contributed by atoms with Crippen molar-refractivity contribution in [2.45, 2.75) is 26.4 Å². The van der Waals surface area contributed by atoms with Gasteiger partial charge in [0.2, 0.25) is 5.91 Å². The number of ether oxygens (including phenoxy) is 1. The molecule has 0 aliphatic heterocycles. The Balaban J connectivity index is 3.68. The SMILES string of the molecule is CCOC(C)(C)CNCC(=O)N(C)C. The van der Waals surface area contributed by atoms with Gasteiger partial charge in [-0.25, -0.2) is 0 Å². The molecule has 4 nitrogen and oxygen atoms in total. The maximum absolute atomic E-state index is 11.2. The predicted octanol–water partition coefficient (Wildman–Crippen LogP) is 0.479. The van der Waals surface area contributed by atoms with Gasteiger partial charge in [0.1, 0.15) is 0 Å². The third kappa shape index (κ3) is 5.94. The number of carbonyl (C=O) groups excluding carboxylic acids is 1. The van der Waals surface area contributed by atoms with E-state index < -0.39 is 0 Å². The van der Waals surface area contributed by atoms with E-state index in [1.165, 1.54) is 0 Å². The van der Waals surface area contributed by atoms with Crippen LogP contribution in [0.5, 0.6) is 0 Å². The van der Waals surface area contributed by atoms with E-state index in [4.69, 9.17) is 4.74 Å². The van der Waals surface area contributed by atoms with Gasteiger partial charge in [-0.1, -0.05) is 0 Å². The Labute approximate surface area is 86.6 Å². The molecule has 0 radical (unpaired) electrons. The number of likely N-dealkylation sites (N-methyl/N-ethyl adjacent to an activating group) is 1. The first kappa shape index (κ1) is 13.4. The summed E-state index contributed by atoms with van der Waals surface area (Å²) in [4.78, 5) is 12.8. The fourth-order valence-corrected chi connectivity index (χ4v) is 1.07. The van der Waals surface area contributed by atoms with Crippen molar-refractivity contribution >= 4 is 5.91 Å². The Morgan fingerprint density at radius 3 is 2.43 bits per heavy atom. The minimum atomic E-state index is -0.207. The van der Waals surface area contributed by atoms with Gasteiger partial charge in [-0.15, -0.1) is 0 Å². The van der Waals surface area contributed by atoms with Crippen LogP contribution in [-0.4, -0.2) is 50.2 Å². The number of hydrogen-bond acceptors (Lipinski definition) is 3. The van der Waals surface area contributed by atoms with Gasteiger partial charge in [0, 0.05) is 27.2 Å². The van der Waals surface area contributed by atoms with Crippen molar-refractivity contribution in [3.8, 4) is 0 Å². The molecule has 0 saturated carbocycles. The van der Waals surface area contributed by atoms with Crippen LogP contribution in [-0.2, 0) is 9.53 Å². The quantitative estimate of drug-likeness (QED) is 0.681. The first-order valence-corrected chi connectivity index (χ1v) is 4.94. The summed E-state index contributed by atoms with van der Waals surface area (Å²) < 4.78 is 5.48. The molecule has 0 heterocycles. The Bertz CT molecular complexity index is 179. The lowest BCUT2D eigenvalue weighted by Crippen LogP contribution is -2.42. The molecule has 0 aromatic heterocycles. The van der Waals surface area contributed by atoms with E-state index in [9.17, 15) is 4.79 Å². The summed E-state index contributed by atoms with van der Waals surface area (Å²) >= 11 is 0. The first-order valence-electron chi connectivity index (χ1n) is 4.94. The van der Waals surface area contributed by atoms with E-state index in [2.05, 4.69) is 5.32 Å². The summed E-state index contributed by atoms with van der Waals surface area (Å²) in [5.74, 6) is 0.0808. The number of rotatable bonds is 6. The summed E-state index contributed by atoms with van der Waals surface area (Å²) in [6.45, 7) is 7.71. The second kappa shape index (κ2) is 5.98. The third-order valence-electron chi connectivity index (χ3n) is 1.86. The lowest BCUT2D eigenvalue weighted by Gasteiger charge is -2.25. The van der Waals surface area contributed by atoms with Crippen molar-refractivity contribution in [2.24, 2.45) is 0 Å². The van der Waals surface area contributed by atoms with Gasteiger partial charge >= 0.3 is 0 Å². The summed E-state index contributed by atoms with van der Waals surface area (Å²) in [5, 5.41) is 3.08. The molecule has 0 unspecified atom stereocenters. The van der Waals surface area contributed by atoms with Gasteiger partial charge in [0.15, 0.2) is 0 Å². The van der Waals surface area contributed by atoms with E-state index in [0.717, 1.165) is 0 Å². The molecule has 4 heteroatoms. The standard InChI is InChI=1S/C10H22N2O2/c1-6-14-10(2,3)8-11-7-9(13)12(4)5/h11H,6-8H2,1-5H3. The first-order chi connectivity index (χ1) is 6.39. The van der Waals surface area contributed by atoms with Crippen molar-refractivity contribution in [2.75, 3.05) is 33.8 Å². The maximum Gasteiger partial charge on any atom is 0.236 e. The molecule has 0 rings (SSSR count). The monoisotopic (exact) mass is 202 g/mol. The molecule has 0 atom stereocenters. The van der Waals surface area contributed by atoms with Crippen LogP contribution in [0.2, 0.25) is 0 Å². The van der Waals surface area contributed by atoms with Gasteiger partial charge in [0.05, 0.1) is 12.1 Å². The zero-order valence-corrected chi connectivity index (χ0v) is 9.89. The Morgan fingerprint density at radius 1 is 1.43 bits per heavy atom. The average Bonchev–Trinajstić information content (AvgIpc) is 2.03. The highest BCUT2D eigenvalue weighted by Crippen LogP contribution is 2.06. The van der Waals surface area contributed by atoms with Gasteiger partial charge < -0.3 is 15.0 Å². The number of carbonyl (C=O) groups is 1. The molecular weight excluding hydrogens is 180 g/mol. The van der Waals surface area contributed by atoms with Crippen LogP contribution in [0.1, 0.15) is 20.8 Å². The van der Waals surface area contributed by atoms with Crippen LogP contribution < -0.4 is 5.32 Å². The summed E-state index contributed by atoms with van der Waals surface area (Å²) in [6.07, 6.45) is 0. The molecule has 84 valence electrons. The Kier molecular flexibility index (Phi) is 5.72. The van der Waals surface area contributed by atoms with Crippen LogP contribution in [0.3, 0.4) is 0 Å². The van der Waals surface area contributed by atoms with E-state index in [-0.39, 0.29) is 11.5 Å². The normalized spacial score (nSPS) is 11.5. The van der Waals surface area contributed by atoms with Gasteiger partial charge in [-0.05, 0) is 20.8 Å². The highest BCUT2D eigenvalue weighted by atomic mass is 16.5. The smallest absolute Gasteiger partial charge is 0.236 e. The molecule has 0 saturated heterocycles. The second-order valence-corrected chi connectivity index (χ2v) is 4.08. The van der Waals surface area contributed by atoms with Crippen LogP contribution in [0, 0.1) is 0 Å². The molecule has 0 bridgehead atoms. The summed E-state index contributed by atoms with van der Waals surface area (Å²) in [6, 6.07) is 0. The van der Waals surface area contributed by atoms with E-state index in [0.29, 0.717) is 19.7 Å². The fourth-order valence-electron chi connectivity index (χ4n) is 1.07. The minimum Gasteiger partial charge on any atom is -0.375 e. The molecule has 0 fully saturated rings. The van der Waals surface area contributed by atoms with Crippen LogP contribution in [0.15, 0.2) is 0 Å². The topological polar surface area (TPSA) is 41.6 Å². The van der Waals surface area contributed by atoms with Crippen LogP contribution >= 0.6 is 0 Å². The molecule has 0 spiro atoms. The van der Waals surface area contributed by atoms with Gasteiger partial charge in [-0.2, -0.15) is 0 Å². The number of hydrogen-bond donors (Lipinski definition) is 1. The van der Waals surface area contributed by atoms with Crippen molar-refractivity contribution < 1.29 is 9.53 Å². The average molecular weight is 202 g/mol. The van der Waals surface area contributed by atoms with Crippen molar-refractivity contribution in [1.82, 2.24) is 10.2 Å². The van der Waals surface area contributed by atoms with E-state index in [1.54, 1.807) is 19.0 Å². The van der Waals surface area contributed by atoms with E-state index in [1.807, 2.05) is 20.8 Å².